The van der Waals surface area contributed by atoms with Gasteiger partial charge in [0.2, 0.25) is 0 Å². The van der Waals surface area contributed by atoms with Crippen molar-refractivity contribution >= 4 is 39.3 Å². The zero-order chi connectivity index (χ0) is 12.0. The second-order valence-electron chi connectivity index (χ2n) is 3.24. The molecule has 0 atom stereocenters. The zero-order valence-electron chi connectivity index (χ0n) is 9.00. The fourth-order valence-electron chi connectivity index (χ4n) is 1.33. The summed E-state index contributed by atoms with van der Waals surface area (Å²) in [5.74, 6) is 0.156. The Bertz CT molecular complexity index is 371. The number of benzene rings is 1. The van der Waals surface area contributed by atoms with Gasteiger partial charge in [-0.2, -0.15) is 11.8 Å². The predicted octanol–water partition coefficient (Wildman–Crippen LogP) is 3.31. The molecule has 0 radical (unpaired) electrons. The van der Waals surface area contributed by atoms with Gasteiger partial charge in [-0.05, 0) is 46.5 Å². The van der Waals surface area contributed by atoms with Gasteiger partial charge in [-0.25, -0.2) is 4.79 Å². The number of carbonyl (C=O) groups is 1. The first-order chi connectivity index (χ1) is 7.66. The minimum atomic E-state index is -0.917. The molecule has 0 fully saturated rings. The highest BCUT2D eigenvalue weighted by Crippen LogP contribution is 2.24. The van der Waals surface area contributed by atoms with Crippen molar-refractivity contribution < 1.29 is 9.90 Å². The fourth-order valence-corrected chi connectivity index (χ4v) is 2.30. The molecule has 5 heteroatoms. The topological polar surface area (TPSA) is 49.3 Å². The molecule has 88 valence electrons. The lowest BCUT2D eigenvalue weighted by Gasteiger charge is -2.10. The summed E-state index contributed by atoms with van der Waals surface area (Å²) in [7, 11) is 0. The Morgan fingerprint density at radius 1 is 1.56 bits per heavy atom. The van der Waals surface area contributed by atoms with Gasteiger partial charge in [-0.3, -0.25) is 0 Å². The number of halogens is 1. The SMILES string of the molecule is CSCCCNc1cccc(Br)c1C(=O)O. The molecule has 0 spiro atoms. The van der Waals surface area contributed by atoms with E-state index in [2.05, 4.69) is 27.5 Å². The van der Waals surface area contributed by atoms with Crippen molar-refractivity contribution in [1.82, 2.24) is 0 Å². The number of aromatic carboxylic acids is 1. The number of anilines is 1. The monoisotopic (exact) mass is 303 g/mol. The molecule has 3 nitrogen and oxygen atoms in total. The third kappa shape index (κ3) is 3.72. The fraction of sp³-hybridized carbons (Fsp3) is 0.364. The van der Waals surface area contributed by atoms with Gasteiger partial charge in [0.1, 0.15) is 0 Å². The summed E-state index contributed by atoms with van der Waals surface area (Å²) in [5.41, 5.74) is 0.967. The van der Waals surface area contributed by atoms with Crippen molar-refractivity contribution in [3.63, 3.8) is 0 Å². The first-order valence-corrected chi connectivity index (χ1v) is 7.10. The summed E-state index contributed by atoms with van der Waals surface area (Å²) < 4.78 is 0.606. The van der Waals surface area contributed by atoms with E-state index in [4.69, 9.17) is 5.11 Å². The van der Waals surface area contributed by atoms with Crippen LogP contribution in [-0.2, 0) is 0 Å². The van der Waals surface area contributed by atoms with Crippen LogP contribution in [0, 0.1) is 0 Å². The molecule has 0 saturated carbocycles. The molecule has 1 aromatic rings. The maximum atomic E-state index is 11.1. The standard InChI is InChI=1S/C11H14BrNO2S/c1-16-7-3-6-13-9-5-2-4-8(12)10(9)11(14)15/h2,4-5,13H,3,6-7H2,1H3,(H,14,15). The van der Waals surface area contributed by atoms with Crippen LogP contribution in [0.4, 0.5) is 5.69 Å². The van der Waals surface area contributed by atoms with Crippen molar-refractivity contribution in [3.8, 4) is 0 Å². The molecule has 1 rings (SSSR count). The van der Waals surface area contributed by atoms with E-state index in [1.54, 1.807) is 23.9 Å². The molecule has 2 N–H and O–H groups in total. The minimum absolute atomic E-state index is 0.298. The van der Waals surface area contributed by atoms with Gasteiger partial charge in [-0.1, -0.05) is 6.07 Å². The molecule has 0 aliphatic carbocycles. The lowest BCUT2D eigenvalue weighted by Crippen LogP contribution is -2.08. The van der Waals surface area contributed by atoms with Crippen LogP contribution in [0.2, 0.25) is 0 Å². The second kappa shape index (κ2) is 6.81. The molecule has 0 aromatic heterocycles. The van der Waals surface area contributed by atoms with Crippen LogP contribution >= 0.6 is 27.7 Å². The summed E-state index contributed by atoms with van der Waals surface area (Å²) >= 11 is 5.03. The number of rotatable bonds is 6. The van der Waals surface area contributed by atoms with Crippen LogP contribution in [0.15, 0.2) is 22.7 Å². The average Bonchev–Trinajstić information content (AvgIpc) is 2.24. The molecule has 0 amide bonds. The van der Waals surface area contributed by atoms with E-state index in [0.29, 0.717) is 15.7 Å². The van der Waals surface area contributed by atoms with Crippen molar-refractivity contribution in [2.75, 3.05) is 23.9 Å². The maximum absolute atomic E-state index is 11.1. The van der Waals surface area contributed by atoms with E-state index < -0.39 is 5.97 Å². The molecule has 16 heavy (non-hydrogen) atoms. The van der Waals surface area contributed by atoms with Crippen molar-refractivity contribution in [2.24, 2.45) is 0 Å². The molecule has 0 heterocycles. The van der Waals surface area contributed by atoms with Gasteiger partial charge in [0.25, 0.3) is 0 Å². The highest BCUT2D eigenvalue weighted by molar-refractivity contribution is 9.10. The Morgan fingerprint density at radius 3 is 2.94 bits per heavy atom. The summed E-state index contributed by atoms with van der Waals surface area (Å²) in [5, 5.41) is 12.2. The highest BCUT2D eigenvalue weighted by atomic mass is 79.9. The van der Waals surface area contributed by atoms with Crippen LogP contribution < -0.4 is 5.32 Å². The van der Waals surface area contributed by atoms with Crippen LogP contribution in [0.1, 0.15) is 16.8 Å². The lowest BCUT2D eigenvalue weighted by molar-refractivity contribution is 0.0697. The molecule has 0 aliphatic heterocycles. The van der Waals surface area contributed by atoms with E-state index >= 15 is 0 Å². The first kappa shape index (κ1) is 13.4. The van der Waals surface area contributed by atoms with Crippen molar-refractivity contribution in [2.45, 2.75) is 6.42 Å². The normalized spacial score (nSPS) is 10.1. The molecular formula is C11H14BrNO2S. The van der Waals surface area contributed by atoms with E-state index in [0.717, 1.165) is 18.7 Å². The summed E-state index contributed by atoms with van der Waals surface area (Å²) in [6.07, 6.45) is 3.08. The van der Waals surface area contributed by atoms with Crippen LogP contribution in [-0.4, -0.2) is 29.6 Å². The van der Waals surface area contributed by atoms with E-state index in [9.17, 15) is 4.79 Å². The quantitative estimate of drug-likeness (QED) is 0.792. The number of hydrogen-bond acceptors (Lipinski definition) is 3. The molecule has 0 aliphatic rings. The average molecular weight is 304 g/mol. The largest absolute Gasteiger partial charge is 0.478 e. The van der Waals surface area contributed by atoms with Gasteiger partial charge >= 0.3 is 5.97 Å². The van der Waals surface area contributed by atoms with Gasteiger partial charge < -0.3 is 10.4 Å². The van der Waals surface area contributed by atoms with Crippen molar-refractivity contribution in [1.29, 1.82) is 0 Å². The predicted molar refractivity (Wildman–Crippen MR) is 72.6 cm³/mol. The summed E-state index contributed by atoms with van der Waals surface area (Å²) in [6.45, 7) is 0.789. The number of carboxylic acids is 1. The first-order valence-electron chi connectivity index (χ1n) is 4.91. The van der Waals surface area contributed by atoms with Crippen LogP contribution in [0.25, 0.3) is 0 Å². The Hall–Kier alpha value is -0.680. The minimum Gasteiger partial charge on any atom is -0.478 e. The Labute approximate surface area is 108 Å². The van der Waals surface area contributed by atoms with E-state index in [1.165, 1.54) is 0 Å². The number of hydrogen-bond donors (Lipinski definition) is 2. The Morgan fingerprint density at radius 2 is 2.31 bits per heavy atom. The van der Waals surface area contributed by atoms with Gasteiger partial charge in [0.05, 0.1) is 5.56 Å². The highest BCUT2D eigenvalue weighted by Gasteiger charge is 2.13. The number of nitrogens with one attached hydrogen (secondary N) is 1. The van der Waals surface area contributed by atoms with Crippen LogP contribution in [0.3, 0.4) is 0 Å². The maximum Gasteiger partial charge on any atom is 0.338 e. The second-order valence-corrected chi connectivity index (χ2v) is 5.08. The third-order valence-electron chi connectivity index (χ3n) is 2.07. The summed E-state index contributed by atoms with van der Waals surface area (Å²) in [4.78, 5) is 11.1. The molecule has 0 bridgehead atoms. The van der Waals surface area contributed by atoms with Crippen LogP contribution in [0.5, 0.6) is 0 Å². The summed E-state index contributed by atoms with van der Waals surface area (Å²) in [6, 6.07) is 5.34. The number of carboxylic acid groups (broad SMARTS) is 1. The Kier molecular flexibility index (Phi) is 5.69. The van der Waals surface area contributed by atoms with Crippen molar-refractivity contribution in [3.05, 3.63) is 28.2 Å². The third-order valence-corrected chi connectivity index (χ3v) is 3.43. The lowest BCUT2D eigenvalue weighted by atomic mass is 10.2. The molecule has 0 saturated heterocycles. The molecule has 1 aromatic carbocycles. The smallest absolute Gasteiger partial charge is 0.338 e. The van der Waals surface area contributed by atoms with E-state index in [-0.39, 0.29) is 0 Å². The van der Waals surface area contributed by atoms with E-state index in [1.807, 2.05) is 6.07 Å². The van der Waals surface area contributed by atoms with Gasteiger partial charge in [0, 0.05) is 16.7 Å². The van der Waals surface area contributed by atoms with Gasteiger partial charge in [-0.15, -0.1) is 0 Å². The zero-order valence-corrected chi connectivity index (χ0v) is 11.4. The van der Waals surface area contributed by atoms with Gasteiger partial charge in [0.15, 0.2) is 0 Å². The Balaban J connectivity index is 2.71. The molecule has 0 unspecified atom stereocenters. The molecular weight excluding hydrogens is 290 g/mol. The number of thioether (sulfide) groups is 1.